The van der Waals surface area contributed by atoms with Gasteiger partial charge in [0.2, 0.25) is 10.0 Å². The first-order valence-corrected chi connectivity index (χ1v) is 12.0. The molecule has 1 aromatic carbocycles. The van der Waals surface area contributed by atoms with Crippen molar-refractivity contribution in [2.75, 3.05) is 57.6 Å². The largest absolute Gasteiger partial charge is 0.494 e. The van der Waals surface area contributed by atoms with Crippen molar-refractivity contribution < 1.29 is 17.5 Å². The van der Waals surface area contributed by atoms with Gasteiger partial charge in [-0.05, 0) is 24.6 Å². The lowest BCUT2D eigenvalue weighted by molar-refractivity contribution is 0.385. The maximum atomic E-state index is 13.9. The number of ether oxygens (including phenoxy) is 1. The highest BCUT2D eigenvalue weighted by Crippen LogP contribution is 2.18. The quantitative estimate of drug-likeness (QED) is 0.497. The van der Waals surface area contributed by atoms with Gasteiger partial charge in [-0.1, -0.05) is 6.07 Å². The van der Waals surface area contributed by atoms with E-state index in [0.29, 0.717) is 32.1 Å². The van der Waals surface area contributed by atoms with E-state index in [-0.39, 0.29) is 18.0 Å². The maximum Gasteiger partial charge on any atom is 0.215 e. The van der Waals surface area contributed by atoms with Gasteiger partial charge in [0.15, 0.2) is 17.5 Å². The van der Waals surface area contributed by atoms with Crippen LogP contribution in [0.2, 0.25) is 0 Å². The fourth-order valence-corrected chi connectivity index (χ4v) is 5.30. The highest BCUT2D eigenvalue weighted by atomic mass is 32.2. The topological polar surface area (TPSA) is 74.2 Å². The van der Waals surface area contributed by atoms with E-state index in [0.717, 1.165) is 17.1 Å². The highest BCUT2D eigenvalue weighted by molar-refractivity contribution is 7.99. The third kappa shape index (κ3) is 6.52. The molecule has 7 nitrogen and oxygen atoms in total. The Kier molecular flexibility index (Phi) is 8.84. The molecule has 1 N–H and O–H groups in total. The van der Waals surface area contributed by atoms with Gasteiger partial charge in [0, 0.05) is 44.7 Å². The fourth-order valence-electron chi connectivity index (χ4n) is 2.85. The Morgan fingerprint density at radius 1 is 1.39 bits per heavy atom. The predicted octanol–water partition coefficient (Wildman–Crippen LogP) is 1.61. The second kappa shape index (κ2) is 10.9. The highest BCUT2D eigenvalue weighted by Gasteiger charge is 2.23. The Bertz CT molecular complexity index is 768. The van der Waals surface area contributed by atoms with E-state index in [1.807, 2.05) is 18.9 Å². The van der Waals surface area contributed by atoms with Gasteiger partial charge < -0.3 is 15.0 Å². The van der Waals surface area contributed by atoms with Crippen molar-refractivity contribution in [2.24, 2.45) is 4.99 Å². The minimum atomic E-state index is -3.29. The third-order valence-electron chi connectivity index (χ3n) is 4.31. The number of nitrogens with zero attached hydrogens (tertiary/aromatic N) is 3. The molecular formula is C18H29FN4O3S2. The number of guanidine groups is 1. The van der Waals surface area contributed by atoms with E-state index in [2.05, 4.69) is 10.3 Å². The van der Waals surface area contributed by atoms with E-state index in [4.69, 9.17) is 4.74 Å². The molecule has 1 aromatic rings. The van der Waals surface area contributed by atoms with Crippen molar-refractivity contribution in [3.05, 3.63) is 29.6 Å². The summed E-state index contributed by atoms with van der Waals surface area (Å²) in [5, 5.41) is 3.15. The maximum absolute atomic E-state index is 13.9. The number of hydrogen-bond donors (Lipinski definition) is 1. The molecule has 0 spiro atoms. The van der Waals surface area contributed by atoms with Crippen LogP contribution in [0.15, 0.2) is 23.2 Å². The molecule has 0 aliphatic carbocycles. The Morgan fingerprint density at radius 3 is 2.71 bits per heavy atom. The van der Waals surface area contributed by atoms with Crippen molar-refractivity contribution in [2.45, 2.75) is 13.5 Å². The first-order chi connectivity index (χ1) is 13.4. The van der Waals surface area contributed by atoms with Crippen LogP contribution in [0.4, 0.5) is 4.39 Å². The number of benzene rings is 1. The van der Waals surface area contributed by atoms with Crippen LogP contribution in [0.3, 0.4) is 0 Å². The molecule has 1 fully saturated rings. The van der Waals surface area contributed by atoms with Gasteiger partial charge in [0.05, 0.1) is 19.4 Å². The number of aliphatic imine (C=N–C) groups is 1. The SMILES string of the molecule is CCNC(=NCCS(=O)(=O)N1CCSCC1)N(C)Cc1ccc(OC)c(F)c1. The van der Waals surface area contributed by atoms with Crippen LogP contribution in [0, 0.1) is 5.82 Å². The predicted molar refractivity (Wildman–Crippen MR) is 113 cm³/mol. The zero-order valence-corrected chi connectivity index (χ0v) is 18.3. The summed E-state index contributed by atoms with van der Waals surface area (Å²) in [6.07, 6.45) is 0. The van der Waals surface area contributed by atoms with Crippen molar-refractivity contribution in [1.29, 1.82) is 0 Å². The molecule has 10 heteroatoms. The zero-order valence-electron chi connectivity index (χ0n) is 16.6. The number of sulfonamides is 1. The Morgan fingerprint density at radius 2 is 2.11 bits per heavy atom. The molecule has 0 amide bonds. The minimum absolute atomic E-state index is 0.0163. The number of methoxy groups -OCH3 is 1. The lowest BCUT2D eigenvalue weighted by Crippen LogP contribution is -2.41. The lowest BCUT2D eigenvalue weighted by atomic mass is 10.2. The Hall–Kier alpha value is -1.52. The number of thioether (sulfide) groups is 1. The van der Waals surface area contributed by atoms with E-state index >= 15 is 0 Å². The summed E-state index contributed by atoms with van der Waals surface area (Å²) < 4.78 is 45.3. The molecule has 0 bridgehead atoms. The first-order valence-electron chi connectivity index (χ1n) is 9.24. The molecule has 1 aliphatic rings. The normalized spacial score (nSPS) is 16.1. The van der Waals surface area contributed by atoms with Crippen LogP contribution in [0.5, 0.6) is 5.75 Å². The number of halogens is 1. The molecule has 0 unspecified atom stereocenters. The molecular weight excluding hydrogens is 403 g/mol. The average Bonchev–Trinajstić information content (AvgIpc) is 2.68. The van der Waals surface area contributed by atoms with E-state index in [1.54, 1.807) is 28.2 Å². The molecule has 0 saturated carbocycles. The second-order valence-corrected chi connectivity index (χ2v) is 9.70. The molecule has 0 aromatic heterocycles. The zero-order chi connectivity index (χ0) is 20.6. The van der Waals surface area contributed by atoms with Crippen molar-refractivity contribution >= 4 is 27.7 Å². The van der Waals surface area contributed by atoms with Crippen molar-refractivity contribution in [3.63, 3.8) is 0 Å². The molecule has 0 radical (unpaired) electrons. The summed E-state index contributed by atoms with van der Waals surface area (Å²) in [5.41, 5.74) is 0.768. The molecule has 0 atom stereocenters. The van der Waals surface area contributed by atoms with Crippen LogP contribution in [0.25, 0.3) is 0 Å². The van der Waals surface area contributed by atoms with Crippen LogP contribution >= 0.6 is 11.8 Å². The van der Waals surface area contributed by atoms with E-state index < -0.39 is 15.8 Å². The molecule has 2 rings (SSSR count). The van der Waals surface area contributed by atoms with Gasteiger partial charge in [-0.25, -0.2) is 17.1 Å². The summed E-state index contributed by atoms with van der Waals surface area (Å²) in [7, 11) is -0.0279. The summed E-state index contributed by atoms with van der Waals surface area (Å²) >= 11 is 1.77. The monoisotopic (exact) mass is 432 g/mol. The van der Waals surface area contributed by atoms with Crippen LogP contribution < -0.4 is 10.1 Å². The molecule has 28 heavy (non-hydrogen) atoms. The average molecular weight is 433 g/mol. The molecule has 158 valence electrons. The Balaban J connectivity index is 1.99. The number of rotatable bonds is 8. The minimum Gasteiger partial charge on any atom is -0.494 e. The molecule has 1 heterocycles. The van der Waals surface area contributed by atoms with Gasteiger partial charge in [-0.2, -0.15) is 11.8 Å². The smallest absolute Gasteiger partial charge is 0.215 e. The van der Waals surface area contributed by atoms with Gasteiger partial charge in [0.1, 0.15) is 0 Å². The van der Waals surface area contributed by atoms with Gasteiger partial charge in [-0.15, -0.1) is 0 Å². The van der Waals surface area contributed by atoms with E-state index in [1.165, 1.54) is 13.2 Å². The summed E-state index contributed by atoms with van der Waals surface area (Å²) in [6.45, 7) is 4.34. The number of nitrogens with one attached hydrogen (secondary N) is 1. The van der Waals surface area contributed by atoms with Crippen molar-refractivity contribution in [1.82, 2.24) is 14.5 Å². The second-order valence-electron chi connectivity index (χ2n) is 6.39. The molecule has 1 aliphatic heterocycles. The number of hydrogen-bond acceptors (Lipinski definition) is 5. The summed E-state index contributed by atoms with van der Waals surface area (Å²) in [5.74, 6) is 2.04. The van der Waals surface area contributed by atoms with Gasteiger partial charge in [0.25, 0.3) is 0 Å². The van der Waals surface area contributed by atoms with Crippen LogP contribution in [-0.2, 0) is 16.6 Å². The Labute approximate surface area is 171 Å². The van der Waals surface area contributed by atoms with Crippen LogP contribution in [-0.4, -0.2) is 81.2 Å². The summed E-state index contributed by atoms with van der Waals surface area (Å²) in [6, 6.07) is 4.81. The first kappa shape index (κ1) is 22.8. The van der Waals surface area contributed by atoms with Gasteiger partial charge >= 0.3 is 0 Å². The van der Waals surface area contributed by atoms with E-state index in [9.17, 15) is 12.8 Å². The lowest BCUT2D eigenvalue weighted by Gasteiger charge is -2.25. The third-order valence-corrected chi connectivity index (χ3v) is 7.10. The van der Waals surface area contributed by atoms with Crippen LogP contribution in [0.1, 0.15) is 12.5 Å². The molecule has 1 saturated heterocycles. The van der Waals surface area contributed by atoms with Gasteiger partial charge in [-0.3, -0.25) is 4.99 Å². The standard InChI is InChI=1S/C18H29FN4O3S2/c1-4-20-18(21-7-12-28(24,25)23-8-10-27-11-9-23)22(2)14-15-5-6-17(26-3)16(19)13-15/h5-6,13H,4,7-12,14H2,1-3H3,(H,20,21). The summed E-state index contributed by atoms with van der Waals surface area (Å²) in [4.78, 5) is 6.29. The fraction of sp³-hybridized carbons (Fsp3) is 0.611. The van der Waals surface area contributed by atoms with Crippen molar-refractivity contribution in [3.8, 4) is 5.75 Å².